The van der Waals surface area contributed by atoms with Crippen molar-refractivity contribution in [3.63, 3.8) is 0 Å². The first-order chi connectivity index (χ1) is 34.2. The number of hydrogen-bond donors (Lipinski definition) is 0. The molecular formula is C69H58O. The maximum Gasteiger partial charge on any atom is 0.135 e. The Bertz CT molecular complexity index is 3730. The predicted molar refractivity (Wildman–Crippen MR) is 299 cm³/mol. The minimum absolute atomic E-state index is 0.325. The molecular weight excluding hydrogens is 845 g/mol. The fourth-order valence-electron chi connectivity index (χ4n) is 10.6. The van der Waals surface area contributed by atoms with E-state index in [4.69, 9.17) is 4.42 Å². The molecule has 1 heterocycles. The van der Waals surface area contributed by atoms with Crippen LogP contribution in [-0.2, 0) is 5.41 Å². The molecule has 1 aliphatic rings. The second-order valence-corrected chi connectivity index (χ2v) is 18.7. The van der Waals surface area contributed by atoms with E-state index in [9.17, 15) is 0 Å². The number of rotatable bonds is 3. The van der Waals surface area contributed by atoms with Crippen LogP contribution in [0.2, 0.25) is 0 Å². The van der Waals surface area contributed by atoms with E-state index in [1.807, 2.05) is 42.5 Å². The van der Waals surface area contributed by atoms with Crippen molar-refractivity contribution in [3.8, 4) is 22.3 Å². The molecule has 13 rings (SSSR count). The van der Waals surface area contributed by atoms with Gasteiger partial charge in [-0.2, -0.15) is 0 Å². The maximum atomic E-state index is 5.71. The first-order valence-corrected chi connectivity index (χ1v) is 24.4. The minimum atomic E-state index is -0.325. The van der Waals surface area contributed by atoms with Gasteiger partial charge in [-0.25, -0.2) is 0 Å². The Morgan fingerprint density at radius 1 is 0.286 bits per heavy atom. The lowest BCUT2D eigenvalue weighted by Gasteiger charge is -2.34. The lowest BCUT2D eigenvalue weighted by molar-refractivity contribution is 0.669. The number of furan rings is 1. The van der Waals surface area contributed by atoms with Crippen molar-refractivity contribution in [1.82, 2.24) is 0 Å². The highest BCUT2D eigenvalue weighted by atomic mass is 16.3. The average Bonchev–Trinajstić information content (AvgIpc) is 3.91. The van der Waals surface area contributed by atoms with Crippen molar-refractivity contribution in [2.75, 3.05) is 0 Å². The molecule has 0 aliphatic heterocycles. The first kappa shape index (κ1) is 45.5. The SMILES string of the molecule is Cc1ccc2c(c1)C(c1ccccc1)(c1ccccc1)c1cc(C)c3ccccc3c1-2.Cc1ccc2oc3ccccc3c2c1.Cc1ccccc1.Cc1ccccc1-c1c(C)ccc2ccccc12. The molecule has 0 N–H and O–H groups in total. The van der Waals surface area contributed by atoms with Gasteiger partial charge in [0.15, 0.2) is 0 Å². The molecule has 0 saturated heterocycles. The summed E-state index contributed by atoms with van der Waals surface area (Å²) in [4.78, 5) is 0. The Kier molecular flexibility index (Phi) is 12.8. The first-order valence-electron chi connectivity index (χ1n) is 24.4. The molecule has 1 nitrogen and oxygen atoms in total. The van der Waals surface area contributed by atoms with E-state index in [1.54, 1.807) is 0 Å². The summed E-state index contributed by atoms with van der Waals surface area (Å²) in [7, 11) is 0. The van der Waals surface area contributed by atoms with Gasteiger partial charge in [0.1, 0.15) is 11.2 Å². The number of aryl methyl sites for hydroxylation is 6. The van der Waals surface area contributed by atoms with E-state index < -0.39 is 0 Å². The molecule has 0 unspecified atom stereocenters. The molecule has 11 aromatic carbocycles. The van der Waals surface area contributed by atoms with Crippen LogP contribution in [0.1, 0.15) is 55.6 Å². The van der Waals surface area contributed by atoms with Crippen LogP contribution in [0, 0.1) is 41.5 Å². The standard InChI is InChI=1S/C31H24.C18H16.C13H10O.C7H8/c1-21-17-18-27-28(19-21)31(23-11-5-3-6-12-23,24-13-7-4-8-14-24)29-20-22(2)25-15-9-10-16-26(25)30(27)29;1-13-7-3-5-9-16(13)18-14(2)11-12-15-8-4-6-10-17(15)18;1-9-6-7-13-11(8-9)10-4-2-3-5-12(10)14-13;1-7-5-3-2-4-6-7/h3-20H,1-2H3;3-12H,1-2H3;2-8H,1H3;2-6H,1H3. The van der Waals surface area contributed by atoms with Crippen LogP contribution in [0.3, 0.4) is 0 Å². The highest BCUT2D eigenvalue weighted by Crippen LogP contribution is 2.58. The van der Waals surface area contributed by atoms with Gasteiger partial charge in [-0.1, -0.05) is 241 Å². The van der Waals surface area contributed by atoms with Crippen molar-refractivity contribution in [2.24, 2.45) is 0 Å². The third-order valence-electron chi connectivity index (χ3n) is 13.9. The monoisotopic (exact) mass is 902 g/mol. The van der Waals surface area contributed by atoms with Crippen molar-refractivity contribution in [1.29, 1.82) is 0 Å². The zero-order valence-electron chi connectivity index (χ0n) is 41.0. The van der Waals surface area contributed by atoms with Gasteiger partial charge in [-0.15, -0.1) is 0 Å². The average molecular weight is 903 g/mol. The molecule has 0 amide bonds. The lowest BCUT2D eigenvalue weighted by atomic mass is 9.67. The van der Waals surface area contributed by atoms with Crippen LogP contribution in [0.4, 0.5) is 0 Å². The van der Waals surface area contributed by atoms with Crippen molar-refractivity contribution >= 4 is 43.5 Å². The molecule has 0 fully saturated rings. The molecule has 70 heavy (non-hydrogen) atoms. The summed E-state index contributed by atoms with van der Waals surface area (Å²) in [6.45, 7) is 13.0. The molecule has 0 bridgehead atoms. The van der Waals surface area contributed by atoms with Gasteiger partial charge in [-0.05, 0) is 142 Å². The van der Waals surface area contributed by atoms with Gasteiger partial charge in [0, 0.05) is 10.8 Å². The summed E-state index contributed by atoms with van der Waals surface area (Å²) in [5.41, 5.74) is 20.3. The van der Waals surface area contributed by atoms with Crippen molar-refractivity contribution in [3.05, 3.63) is 298 Å². The molecule has 0 atom stereocenters. The fourth-order valence-corrected chi connectivity index (χ4v) is 10.6. The summed E-state index contributed by atoms with van der Waals surface area (Å²) in [5, 5.41) is 7.74. The second-order valence-electron chi connectivity index (χ2n) is 18.7. The van der Waals surface area contributed by atoms with E-state index in [2.05, 4.69) is 242 Å². The summed E-state index contributed by atoms with van der Waals surface area (Å²) in [6.07, 6.45) is 0. The molecule has 1 heteroatoms. The molecule has 0 spiro atoms. The smallest absolute Gasteiger partial charge is 0.135 e. The highest BCUT2D eigenvalue weighted by molar-refractivity contribution is 6.06. The number of fused-ring (bicyclic) bond motifs is 9. The van der Waals surface area contributed by atoms with Gasteiger partial charge in [0.05, 0.1) is 5.41 Å². The Labute approximate surface area is 413 Å². The van der Waals surface area contributed by atoms with Crippen LogP contribution < -0.4 is 0 Å². The van der Waals surface area contributed by atoms with Crippen LogP contribution in [0.15, 0.2) is 247 Å². The molecule has 12 aromatic rings. The minimum Gasteiger partial charge on any atom is -0.456 e. The molecule has 1 aliphatic carbocycles. The fraction of sp³-hybridized carbons (Fsp3) is 0.101. The van der Waals surface area contributed by atoms with Gasteiger partial charge in [0.2, 0.25) is 0 Å². The van der Waals surface area contributed by atoms with E-state index in [1.165, 1.54) is 110 Å². The number of hydrogen-bond acceptors (Lipinski definition) is 1. The van der Waals surface area contributed by atoms with Crippen LogP contribution in [-0.4, -0.2) is 0 Å². The van der Waals surface area contributed by atoms with Crippen LogP contribution >= 0.6 is 0 Å². The topological polar surface area (TPSA) is 13.1 Å². The summed E-state index contributed by atoms with van der Waals surface area (Å²) >= 11 is 0. The van der Waals surface area contributed by atoms with Crippen molar-refractivity contribution < 1.29 is 4.42 Å². The van der Waals surface area contributed by atoms with Gasteiger partial charge >= 0.3 is 0 Å². The lowest BCUT2D eigenvalue weighted by Crippen LogP contribution is -2.28. The van der Waals surface area contributed by atoms with Gasteiger partial charge in [0.25, 0.3) is 0 Å². The Morgan fingerprint density at radius 3 is 1.50 bits per heavy atom. The third kappa shape index (κ3) is 8.61. The van der Waals surface area contributed by atoms with Crippen LogP contribution in [0.25, 0.3) is 65.7 Å². The van der Waals surface area contributed by atoms with E-state index in [0.29, 0.717) is 0 Å². The van der Waals surface area contributed by atoms with E-state index >= 15 is 0 Å². The summed E-state index contributed by atoms with van der Waals surface area (Å²) in [6, 6.07) is 86.6. The Balaban J connectivity index is 0.000000122. The highest BCUT2D eigenvalue weighted by Gasteiger charge is 2.46. The zero-order valence-corrected chi connectivity index (χ0v) is 41.0. The zero-order chi connectivity index (χ0) is 48.2. The van der Waals surface area contributed by atoms with Crippen LogP contribution in [0.5, 0.6) is 0 Å². The normalized spacial score (nSPS) is 12.0. The Morgan fingerprint density at radius 2 is 0.829 bits per heavy atom. The van der Waals surface area contributed by atoms with Crippen molar-refractivity contribution in [2.45, 2.75) is 47.0 Å². The molecule has 340 valence electrons. The molecule has 1 aromatic heterocycles. The van der Waals surface area contributed by atoms with E-state index in [0.717, 1.165) is 11.2 Å². The second kappa shape index (κ2) is 19.8. The molecule has 0 radical (unpaired) electrons. The molecule has 0 saturated carbocycles. The van der Waals surface area contributed by atoms with Gasteiger partial charge in [-0.3, -0.25) is 0 Å². The number of benzene rings is 11. The quantitative estimate of drug-likeness (QED) is 0.172. The maximum absolute atomic E-state index is 5.71. The number of para-hydroxylation sites is 1. The third-order valence-corrected chi connectivity index (χ3v) is 13.9. The van der Waals surface area contributed by atoms with E-state index in [-0.39, 0.29) is 5.41 Å². The van der Waals surface area contributed by atoms with Gasteiger partial charge < -0.3 is 4.42 Å². The largest absolute Gasteiger partial charge is 0.456 e. The summed E-state index contributed by atoms with van der Waals surface area (Å²) in [5.74, 6) is 0. The Hall–Kier alpha value is -8.26. The summed E-state index contributed by atoms with van der Waals surface area (Å²) < 4.78 is 5.71. The predicted octanol–water partition coefficient (Wildman–Crippen LogP) is 18.8.